The predicted molar refractivity (Wildman–Crippen MR) is 77.5 cm³/mol. The van der Waals surface area contributed by atoms with E-state index in [1.54, 1.807) is 0 Å². The summed E-state index contributed by atoms with van der Waals surface area (Å²) in [6.07, 6.45) is -5.92. The smallest absolute Gasteiger partial charge is 0.406 e. The normalized spacial score (nSPS) is 22.5. The standard InChI is InChI=1S/C13H13ClF3NO5S/c1-23-10-3-2-8(6-9(10)14)24(21,22)18-5-4-12(7-18,11(19)20)13(15,16)17/h2-3,6H,4-5,7H2,1H3,(H,19,20). The van der Waals surface area contributed by atoms with Gasteiger partial charge in [0.05, 0.1) is 17.0 Å². The highest BCUT2D eigenvalue weighted by Gasteiger charge is 2.65. The Labute approximate surface area is 140 Å². The topological polar surface area (TPSA) is 83.9 Å². The number of carbonyl (C=O) groups is 1. The van der Waals surface area contributed by atoms with Crippen molar-refractivity contribution in [1.29, 1.82) is 0 Å². The van der Waals surface area contributed by atoms with E-state index in [9.17, 15) is 26.4 Å². The fourth-order valence-corrected chi connectivity index (χ4v) is 4.31. The van der Waals surface area contributed by atoms with Crippen molar-refractivity contribution < 1.29 is 36.2 Å². The van der Waals surface area contributed by atoms with E-state index in [2.05, 4.69) is 0 Å². The minimum Gasteiger partial charge on any atom is -0.495 e. The lowest BCUT2D eigenvalue weighted by Gasteiger charge is -2.27. The summed E-state index contributed by atoms with van der Waals surface area (Å²) >= 11 is 5.84. The van der Waals surface area contributed by atoms with Crippen LogP contribution in [0.5, 0.6) is 5.75 Å². The fraction of sp³-hybridized carbons (Fsp3) is 0.462. The average molecular weight is 388 g/mol. The fourth-order valence-electron chi connectivity index (χ4n) is 2.46. The van der Waals surface area contributed by atoms with Crippen LogP contribution in [0.1, 0.15) is 6.42 Å². The van der Waals surface area contributed by atoms with Crippen LogP contribution in [0.15, 0.2) is 23.1 Å². The van der Waals surface area contributed by atoms with Crippen molar-refractivity contribution >= 4 is 27.6 Å². The highest BCUT2D eigenvalue weighted by molar-refractivity contribution is 7.89. The van der Waals surface area contributed by atoms with Gasteiger partial charge in [0.25, 0.3) is 0 Å². The Hall–Kier alpha value is -1.52. The predicted octanol–water partition coefficient (Wildman–Crippen LogP) is 2.38. The summed E-state index contributed by atoms with van der Waals surface area (Å²) in [7, 11) is -3.00. The Bertz CT molecular complexity index is 767. The van der Waals surface area contributed by atoms with Gasteiger partial charge in [-0.05, 0) is 24.6 Å². The molecule has 0 saturated carbocycles. The van der Waals surface area contributed by atoms with Crippen LogP contribution in [0.25, 0.3) is 0 Å². The Balaban J connectivity index is 2.39. The first-order chi connectivity index (χ1) is 11.0. The Morgan fingerprint density at radius 2 is 2.04 bits per heavy atom. The zero-order chi connectivity index (χ0) is 18.3. The van der Waals surface area contributed by atoms with Gasteiger partial charge in [0.1, 0.15) is 5.75 Å². The molecule has 1 atom stereocenters. The van der Waals surface area contributed by atoms with Crippen LogP contribution in [-0.4, -0.2) is 50.2 Å². The maximum atomic E-state index is 13.2. The number of nitrogens with zero attached hydrogens (tertiary/aromatic N) is 1. The minimum absolute atomic E-state index is 0.0295. The summed E-state index contributed by atoms with van der Waals surface area (Å²) < 4.78 is 69.8. The quantitative estimate of drug-likeness (QED) is 0.857. The molecule has 2 rings (SSSR count). The number of carboxylic acids is 1. The highest BCUT2D eigenvalue weighted by atomic mass is 35.5. The molecule has 11 heteroatoms. The zero-order valence-corrected chi connectivity index (χ0v) is 13.9. The number of halogens is 4. The van der Waals surface area contributed by atoms with Crippen molar-refractivity contribution in [2.45, 2.75) is 17.5 Å². The monoisotopic (exact) mass is 387 g/mol. The first-order valence-corrected chi connectivity index (χ1v) is 8.41. The maximum Gasteiger partial charge on any atom is 0.406 e. The molecule has 1 aromatic carbocycles. The van der Waals surface area contributed by atoms with E-state index in [1.807, 2.05) is 0 Å². The van der Waals surface area contributed by atoms with Gasteiger partial charge in [0.15, 0.2) is 5.41 Å². The minimum atomic E-state index is -5.07. The first-order valence-electron chi connectivity index (χ1n) is 6.59. The third-order valence-electron chi connectivity index (χ3n) is 3.95. The number of benzene rings is 1. The van der Waals surface area contributed by atoms with Crippen LogP contribution in [0.2, 0.25) is 5.02 Å². The molecule has 1 unspecified atom stereocenters. The van der Waals surface area contributed by atoms with Gasteiger partial charge in [-0.3, -0.25) is 4.79 Å². The van der Waals surface area contributed by atoms with Crippen molar-refractivity contribution in [3.05, 3.63) is 23.2 Å². The van der Waals surface area contributed by atoms with Crippen molar-refractivity contribution in [1.82, 2.24) is 4.31 Å². The molecule has 134 valence electrons. The summed E-state index contributed by atoms with van der Waals surface area (Å²) in [6, 6.07) is 3.44. The number of alkyl halides is 3. The number of hydrogen-bond acceptors (Lipinski definition) is 4. The molecular formula is C13H13ClF3NO5S. The van der Waals surface area contributed by atoms with Crippen LogP contribution < -0.4 is 4.74 Å². The second-order valence-corrected chi connectivity index (χ2v) is 7.62. The summed E-state index contributed by atoms with van der Waals surface area (Å²) in [5, 5.41) is 8.96. The van der Waals surface area contributed by atoms with Gasteiger partial charge in [-0.1, -0.05) is 11.6 Å². The maximum absolute atomic E-state index is 13.2. The van der Waals surface area contributed by atoms with Gasteiger partial charge >= 0.3 is 12.1 Å². The molecule has 6 nitrogen and oxygen atoms in total. The number of methoxy groups -OCH3 is 1. The van der Waals surface area contributed by atoms with Gasteiger partial charge in [-0.2, -0.15) is 17.5 Å². The van der Waals surface area contributed by atoms with E-state index in [-0.39, 0.29) is 15.7 Å². The second-order valence-electron chi connectivity index (χ2n) is 5.27. The summed E-state index contributed by atoms with van der Waals surface area (Å²) in [5.74, 6) is -1.90. The van der Waals surface area contributed by atoms with E-state index in [1.165, 1.54) is 13.2 Å². The molecule has 0 amide bonds. The van der Waals surface area contributed by atoms with Gasteiger partial charge in [0.2, 0.25) is 10.0 Å². The van der Waals surface area contributed by atoms with E-state index < -0.39 is 47.1 Å². The third kappa shape index (κ3) is 2.93. The van der Waals surface area contributed by atoms with Gasteiger partial charge in [-0.25, -0.2) is 8.42 Å². The summed E-state index contributed by atoms with van der Waals surface area (Å²) in [4.78, 5) is 10.8. The van der Waals surface area contributed by atoms with Crippen molar-refractivity contribution in [3.63, 3.8) is 0 Å². The molecule has 1 saturated heterocycles. The molecule has 1 heterocycles. The van der Waals surface area contributed by atoms with E-state index in [0.717, 1.165) is 12.1 Å². The van der Waals surface area contributed by atoms with Crippen molar-refractivity contribution in [2.24, 2.45) is 5.41 Å². The van der Waals surface area contributed by atoms with Crippen molar-refractivity contribution in [2.75, 3.05) is 20.2 Å². The average Bonchev–Trinajstić information content (AvgIpc) is 2.94. The Morgan fingerprint density at radius 3 is 2.46 bits per heavy atom. The molecule has 0 bridgehead atoms. The van der Waals surface area contributed by atoms with Gasteiger partial charge in [-0.15, -0.1) is 0 Å². The lowest BCUT2D eigenvalue weighted by Crippen LogP contribution is -2.47. The van der Waals surface area contributed by atoms with Crippen LogP contribution >= 0.6 is 11.6 Å². The molecule has 0 aromatic heterocycles. The number of sulfonamides is 1. The summed E-state index contributed by atoms with van der Waals surface area (Å²) in [6.45, 7) is -1.74. The molecule has 1 fully saturated rings. The molecule has 1 aliphatic heterocycles. The van der Waals surface area contributed by atoms with Crippen LogP contribution in [0, 0.1) is 5.41 Å². The largest absolute Gasteiger partial charge is 0.495 e. The molecule has 0 spiro atoms. The molecule has 1 aromatic rings. The number of aliphatic carboxylic acids is 1. The SMILES string of the molecule is COc1ccc(S(=O)(=O)N2CCC(C(=O)O)(C(F)(F)F)C2)cc1Cl. The van der Waals surface area contributed by atoms with Crippen LogP contribution in [0.3, 0.4) is 0 Å². The van der Waals surface area contributed by atoms with Gasteiger partial charge < -0.3 is 9.84 Å². The number of rotatable bonds is 4. The van der Waals surface area contributed by atoms with Crippen LogP contribution in [-0.2, 0) is 14.8 Å². The first kappa shape index (κ1) is 18.8. The van der Waals surface area contributed by atoms with Crippen LogP contribution in [0.4, 0.5) is 13.2 Å². The molecule has 24 heavy (non-hydrogen) atoms. The Morgan fingerprint density at radius 1 is 1.42 bits per heavy atom. The van der Waals surface area contributed by atoms with E-state index in [4.69, 9.17) is 21.4 Å². The molecule has 0 aliphatic carbocycles. The lowest BCUT2D eigenvalue weighted by molar-refractivity contribution is -0.226. The highest BCUT2D eigenvalue weighted by Crippen LogP contribution is 2.47. The van der Waals surface area contributed by atoms with Crippen molar-refractivity contribution in [3.8, 4) is 5.75 Å². The van der Waals surface area contributed by atoms with E-state index >= 15 is 0 Å². The zero-order valence-electron chi connectivity index (χ0n) is 12.3. The molecular weight excluding hydrogens is 375 g/mol. The number of carboxylic acid groups (broad SMARTS) is 1. The van der Waals surface area contributed by atoms with Gasteiger partial charge in [0, 0.05) is 13.1 Å². The number of ether oxygens (including phenoxy) is 1. The second kappa shape index (κ2) is 6.08. The molecule has 1 N–H and O–H groups in total. The lowest BCUT2D eigenvalue weighted by atomic mass is 9.86. The van der Waals surface area contributed by atoms with E-state index in [0.29, 0.717) is 4.31 Å². The Kier molecular flexibility index (Phi) is 4.77. The summed E-state index contributed by atoms with van der Waals surface area (Å²) in [5.41, 5.74) is -3.11. The molecule has 0 radical (unpaired) electrons. The third-order valence-corrected chi connectivity index (χ3v) is 6.08. The number of hydrogen-bond donors (Lipinski definition) is 1. The molecule has 1 aliphatic rings.